The van der Waals surface area contributed by atoms with Crippen molar-refractivity contribution in [2.75, 3.05) is 5.32 Å². The van der Waals surface area contributed by atoms with Crippen LogP contribution >= 0.6 is 0 Å². The molecular formula is C13H19N3O4Pb. The third kappa shape index (κ3) is 4.35. The predicted molar refractivity (Wildman–Crippen MR) is 83.0 cm³/mol. The fourth-order valence-corrected chi connectivity index (χ4v) is 2.09. The molecule has 0 saturated carbocycles. The Balaban J connectivity index is 0.00000400. The molecule has 0 aromatic heterocycles. The summed E-state index contributed by atoms with van der Waals surface area (Å²) in [4.78, 5) is 21.3. The Hall–Kier alpha value is -1.26. The molecule has 0 unspecified atom stereocenters. The van der Waals surface area contributed by atoms with Gasteiger partial charge in [-0.05, 0) is 32.3 Å². The van der Waals surface area contributed by atoms with Gasteiger partial charge in [0.05, 0.1) is 9.85 Å². The van der Waals surface area contributed by atoms with E-state index in [9.17, 15) is 20.2 Å². The molecule has 0 aliphatic heterocycles. The average Bonchev–Trinajstić information content (AvgIpc) is 2.38. The monoisotopic (exact) mass is 489 g/mol. The summed E-state index contributed by atoms with van der Waals surface area (Å²) in [6, 6.07) is 1.35. The molecule has 8 heteroatoms. The van der Waals surface area contributed by atoms with Crippen molar-refractivity contribution in [1.29, 1.82) is 0 Å². The molecule has 0 heterocycles. The first kappa shape index (κ1) is 19.7. The van der Waals surface area contributed by atoms with E-state index in [1.54, 1.807) is 13.8 Å². The zero-order valence-electron chi connectivity index (χ0n) is 12.6. The van der Waals surface area contributed by atoms with Crippen molar-refractivity contribution >= 4 is 44.4 Å². The normalized spacial score (nSPS) is 10.1. The Morgan fingerprint density at radius 1 is 1.14 bits per heavy atom. The van der Waals surface area contributed by atoms with Gasteiger partial charge in [-0.25, -0.2) is 0 Å². The van der Waals surface area contributed by atoms with E-state index in [-0.39, 0.29) is 50.4 Å². The van der Waals surface area contributed by atoms with Gasteiger partial charge in [0.15, 0.2) is 5.69 Å². The van der Waals surface area contributed by atoms with Gasteiger partial charge in [-0.1, -0.05) is 13.8 Å². The number of anilines is 1. The molecule has 1 aromatic rings. The van der Waals surface area contributed by atoms with Gasteiger partial charge >= 0.3 is 5.69 Å². The van der Waals surface area contributed by atoms with Crippen LogP contribution in [0.1, 0.15) is 37.8 Å². The van der Waals surface area contributed by atoms with Crippen LogP contribution in [0.15, 0.2) is 6.07 Å². The smallest absolute Gasteiger partial charge is 0.302 e. The maximum atomic E-state index is 11.3. The fraction of sp³-hybridized carbons (Fsp3) is 0.538. The van der Waals surface area contributed by atoms with E-state index >= 15 is 0 Å². The van der Waals surface area contributed by atoms with Crippen molar-refractivity contribution in [3.63, 3.8) is 0 Å². The molecule has 0 fully saturated rings. The van der Waals surface area contributed by atoms with Gasteiger partial charge in [0, 0.05) is 45.0 Å². The molecule has 4 radical (unpaired) electrons. The molecule has 1 N–H and O–H groups in total. The SMILES string of the molecule is CCC(CC)Nc1c([N+](=O)[O-])cc(C)c(C)c1[N+](=O)[O-].[Pb]. The summed E-state index contributed by atoms with van der Waals surface area (Å²) >= 11 is 0. The van der Waals surface area contributed by atoms with E-state index in [0.29, 0.717) is 11.1 Å². The summed E-state index contributed by atoms with van der Waals surface area (Å²) < 4.78 is 0. The van der Waals surface area contributed by atoms with Gasteiger partial charge in [-0.15, -0.1) is 0 Å². The third-order valence-corrected chi connectivity index (χ3v) is 3.51. The van der Waals surface area contributed by atoms with Gasteiger partial charge in [-0.3, -0.25) is 20.2 Å². The molecule has 1 aromatic carbocycles. The van der Waals surface area contributed by atoms with Crippen molar-refractivity contribution in [2.45, 2.75) is 46.6 Å². The zero-order valence-corrected chi connectivity index (χ0v) is 16.5. The van der Waals surface area contributed by atoms with Crippen molar-refractivity contribution in [1.82, 2.24) is 0 Å². The quantitative estimate of drug-likeness (QED) is 0.376. The van der Waals surface area contributed by atoms with Gasteiger partial charge in [0.1, 0.15) is 0 Å². The Morgan fingerprint density at radius 3 is 2.05 bits per heavy atom. The van der Waals surface area contributed by atoms with Gasteiger partial charge in [0.2, 0.25) is 0 Å². The summed E-state index contributed by atoms with van der Waals surface area (Å²) in [5, 5.41) is 25.4. The predicted octanol–water partition coefficient (Wildman–Crippen LogP) is 3.34. The molecule has 0 atom stereocenters. The summed E-state index contributed by atoms with van der Waals surface area (Å²) in [5.41, 5.74) is 0.555. The molecule has 0 bridgehead atoms. The molecule has 0 saturated heterocycles. The van der Waals surface area contributed by atoms with E-state index in [1.165, 1.54) is 6.07 Å². The number of nitro groups is 2. The van der Waals surface area contributed by atoms with Gasteiger partial charge in [0.25, 0.3) is 5.69 Å². The first-order valence-electron chi connectivity index (χ1n) is 6.52. The molecule has 114 valence electrons. The standard InChI is InChI=1S/C13H19N3O4.Pb/c1-5-10(6-2)14-12-11(15(17)18)7-8(3)9(4)13(12)16(19)20;/h7,10,14H,5-6H2,1-4H3;. The molecule has 1 rings (SSSR count). The maximum absolute atomic E-state index is 11.3. The largest absolute Gasteiger partial charge is 0.371 e. The van der Waals surface area contributed by atoms with E-state index in [2.05, 4.69) is 5.32 Å². The minimum absolute atomic E-state index is 0. The summed E-state index contributed by atoms with van der Waals surface area (Å²) in [7, 11) is 0. The minimum Gasteiger partial charge on any atom is -0.371 e. The van der Waals surface area contributed by atoms with E-state index < -0.39 is 9.85 Å². The number of nitrogens with one attached hydrogen (secondary N) is 1. The Bertz CT molecular complexity index is 545. The number of rotatable bonds is 6. The number of hydrogen-bond acceptors (Lipinski definition) is 5. The Kier molecular flexibility index (Phi) is 7.76. The van der Waals surface area contributed by atoms with Crippen LogP contribution < -0.4 is 5.32 Å². The number of nitro benzene ring substituents is 2. The summed E-state index contributed by atoms with van der Waals surface area (Å²) in [5.74, 6) is 0. The van der Waals surface area contributed by atoms with Crippen LogP contribution in [0.3, 0.4) is 0 Å². The molecule has 21 heavy (non-hydrogen) atoms. The third-order valence-electron chi connectivity index (χ3n) is 3.51. The zero-order chi connectivity index (χ0) is 15.4. The van der Waals surface area contributed by atoms with Crippen LogP contribution in [0, 0.1) is 34.1 Å². The number of nitrogens with zero attached hydrogens (tertiary/aromatic N) is 2. The molecule has 7 nitrogen and oxygen atoms in total. The van der Waals surface area contributed by atoms with Crippen molar-refractivity contribution in [3.8, 4) is 0 Å². The van der Waals surface area contributed by atoms with Crippen LogP contribution in [0.25, 0.3) is 0 Å². The fourth-order valence-electron chi connectivity index (χ4n) is 2.09. The topological polar surface area (TPSA) is 98.3 Å². The van der Waals surface area contributed by atoms with Crippen molar-refractivity contribution in [2.24, 2.45) is 0 Å². The first-order valence-corrected chi connectivity index (χ1v) is 6.52. The summed E-state index contributed by atoms with van der Waals surface area (Å²) in [6.07, 6.45) is 1.47. The second-order valence-electron chi connectivity index (χ2n) is 4.73. The van der Waals surface area contributed by atoms with Crippen LogP contribution in [0.4, 0.5) is 17.1 Å². The molecular weight excluding hydrogens is 469 g/mol. The van der Waals surface area contributed by atoms with E-state index in [1.807, 2.05) is 13.8 Å². The van der Waals surface area contributed by atoms with Crippen LogP contribution in [-0.2, 0) is 0 Å². The van der Waals surface area contributed by atoms with Gasteiger partial charge in [-0.2, -0.15) is 0 Å². The Morgan fingerprint density at radius 2 is 1.67 bits per heavy atom. The van der Waals surface area contributed by atoms with Gasteiger partial charge < -0.3 is 5.32 Å². The molecule has 0 aliphatic rings. The van der Waals surface area contributed by atoms with Crippen LogP contribution in [-0.4, -0.2) is 43.2 Å². The maximum Gasteiger partial charge on any atom is 0.302 e. The first-order chi connectivity index (χ1) is 9.33. The summed E-state index contributed by atoms with van der Waals surface area (Å²) in [6.45, 7) is 7.10. The second-order valence-corrected chi connectivity index (χ2v) is 4.73. The number of hydrogen-bond donors (Lipinski definition) is 1. The van der Waals surface area contributed by atoms with Crippen molar-refractivity contribution in [3.05, 3.63) is 37.4 Å². The van der Waals surface area contributed by atoms with Crippen LogP contribution in [0.5, 0.6) is 0 Å². The molecule has 0 spiro atoms. The van der Waals surface area contributed by atoms with E-state index in [0.717, 1.165) is 12.8 Å². The number of benzene rings is 1. The minimum atomic E-state index is -0.579. The Labute approximate surface area is 143 Å². The van der Waals surface area contributed by atoms with E-state index in [4.69, 9.17) is 0 Å². The average molecular weight is 489 g/mol. The van der Waals surface area contributed by atoms with Crippen LogP contribution in [0.2, 0.25) is 0 Å². The molecule has 0 aliphatic carbocycles. The molecule has 0 amide bonds. The second kappa shape index (κ2) is 8.25. The van der Waals surface area contributed by atoms with Crippen molar-refractivity contribution < 1.29 is 9.85 Å². The number of aryl methyl sites for hydroxylation is 1.